The number of carbonyl (C=O) groups excluding carboxylic acids is 3. The molecule has 0 bridgehead atoms. The highest BCUT2D eigenvalue weighted by atomic mass is 16.4. The minimum atomic E-state index is -1.51. The Morgan fingerprint density at radius 2 is 1.50 bits per heavy atom. The summed E-state index contributed by atoms with van der Waals surface area (Å²) < 4.78 is 0. The van der Waals surface area contributed by atoms with Gasteiger partial charge in [0.1, 0.15) is 12.1 Å². The second-order valence-corrected chi connectivity index (χ2v) is 6.30. The summed E-state index contributed by atoms with van der Waals surface area (Å²) in [6.07, 6.45) is -0.985. The zero-order chi connectivity index (χ0) is 20.4. The molecule has 3 unspecified atom stereocenters. The highest BCUT2D eigenvalue weighted by molar-refractivity contribution is 5.94. The van der Waals surface area contributed by atoms with Gasteiger partial charge >= 0.3 is 11.9 Å². The molecule has 0 saturated heterocycles. The highest BCUT2D eigenvalue weighted by Crippen LogP contribution is 2.05. The summed E-state index contributed by atoms with van der Waals surface area (Å²) in [5, 5.41) is 22.3. The van der Waals surface area contributed by atoms with Crippen molar-refractivity contribution in [1.82, 2.24) is 10.6 Å². The van der Waals surface area contributed by atoms with Gasteiger partial charge in [0, 0.05) is 6.42 Å². The van der Waals surface area contributed by atoms with Gasteiger partial charge in [-0.3, -0.25) is 19.2 Å². The van der Waals surface area contributed by atoms with Crippen molar-refractivity contribution in [3.05, 3.63) is 0 Å². The van der Waals surface area contributed by atoms with Gasteiger partial charge < -0.3 is 32.3 Å². The Kier molecular flexibility index (Phi) is 9.89. The molecule has 0 radical (unpaired) electrons. The Morgan fingerprint density at radius 1 is 0.962 bits per heavy atom. The van der Waals surface area contributed by atoms with Crippen LogP contribution in [0.2, 0.25) is 0 Å². The number of carboxylic acid groups (broad SMARTS) is 2. The van der Waals surface area contributed by atoms with Crippen molar-refractivity contribution in [2.75, 3.05) is 0 Å². The molecule has 0 aliphatic heterocycles. The number of primary amides is 1. The lowest BCUT2D eigenvalue weighted by atomic mass is 10.0. The maximum Gasteiger partial charge on any atom is 0.326 e. The van der Waals surface area contributed by atoms with Crippen molar-refractivity contribution >= 4 is 29.7 Å². The summed E-state index contributed by atoms with van der Waals surface area (Å²) in [6, 6.07) is -3.90. The Balaban J connectivity index is 5.05. The lowest BCUT2D eigenvalue weighted by molar-refractivity contribution is -0.143. The number of amides is 3. The maximum atomic E-state index is 12.2. The maximum absolute atomic E-state index is 12.2. The molecule has 0 rings (SSSR count). The number of hydrogen-bond acceptors (Lipinski definition) is 6. The van der Waals surface area contributed by atoms with Crippen molar-refractivity contribution in [3.8, 4) is 0 Å². The number of carbonyl (C=O) groups is 5. The zero-order valence-corrected chi connectivity index (χ0v) is 14.7. The van der Waals surface area contributed by atoms with Crippen LogP contribution in [0, 0.1) is 5.92 Å². The fourth-order valence-electron chi connectivity index (χ4n) is 2.09. The minimum absolute atomic E-state index is 0.104. The third kappa shape index (κ3) is 9.57. The molecule has 0 aromatic rings. The van der Waals surface area contributed by atoms with Gasteiger partial charge in [0.05, 0.1) is 12.5 Å². The Labute approximate surface area is 150 Å². The number of nitrogens with one attached hydrogen (secondary N) is 2. The molecule has 0 spiro atoms. The van der Waals surface area contributed by atoms with E-state index in [-0.39, 0.29) is 18.8 Å². The second kappa shape index (κ2) is 11.0. The van der Waals surface area contributed by atoms with Gasteiger partial charge in [-0.1, -0.05) is 13.8 Å². The average molecular weight is 374 g/mol. The minimum Gasteiger partial charge on any atom is -0.481 e. The SMILES string of the molecule is CC(C)CC(N)C(=O)NC(CC(=O)O)C(=O)NC(CCC(N)=O)C(=O)O. The third-order valence-electron chi connectivity index (χ3n) is 3.37. The van der Waals surface area contributed by atoms with Crippen LogP contribution in [0.25, 0.3) is 0 Å². The molecule has 0 aromatic heterocycles. The Hall–Kier alpha value is -2.69. The predicted molar refractivity (Wildman–Crippen MR) is 89.6 cm³/mol. The zero-order valence-electron chi connectivity index (χ0n) is 14.7. The van der Waals surface area contributed by atoms with Crippen LogP contribution < -0.4 is 22.1 Å². The summed E-state index contributed by atoms with van der Waals surface area (Å²) in [4.78, 5) is 57.1. The fraction of sp³-hybridized carbons (Fsp3) is 0.667. The van der Waals surface area contributed by atoms with E-state index in [9.17, 15) is 24.0 Å². The van der Waals surface area contributed by atoms with Crippen LogP contribution >= 0.6 is 0 Å². The molecular formula is C15H26N4O7. The first-order valence-electron chi connectivity index (χ1n) is 8.03. The van der Waals surface area contributed by atoms with Crippen molar-refractivity contribution in [1.29, 1.82) is 0 Å². The van der Waals surface area contributed by atoms with E-state index in [1.165, 1.54) is 0 Å². The standard InChI is InChI=1S/C15H26N4O7/c1-7(2)5-8(16)13(23)19-10(6-12(21)22)14(24)18-9(15(25)26)3-4-11(17)20/h7-10H,3-6,16H2,1-2H3,(H2,17,20)(H,18,24)(H,19,23)(H,21,22)(H,25,26). The fourth-order valence-corrected chi connectivity index (χ4v) is 2.09. The van der Waals surface area contributed by atoms with Gasteiger partial charge in [-0.15, -0.1) is 0 Å². The smallest absolute Gasteiger partial charge is 0.326 e. The molecule has 0 aliphatic carbocycles. The van der Waals surface area contributed by atoms with Gasteiger partial charge in [0.2, 0.25) is 17.7 Å². The summed E-state index contributed by atoms with van der Waals surface area (Å²) >= 11 is 0. The summed E-state index contributed by atoms with van der Waals surface area (Å²) in [7, 11) is 0. The molecule has 0 heterocycles. The molecule has 0 aromatic carbocycles. The molecule has 11 nitrogen and oxygen atoms in total. The van der Waals surface area contributed by atoms with Crippen molar-refractivity contribution < 1.29 is 34.2 Å². The number of hydrogen-bond donors (Lipinski definition) is 6. The molecule has 8 N–H and O–H groups in total. The van der Waals surface area contributed by atoms with Crippen molar-refractivity contribution in [3.63, 3.8) is 0 Å². The van der Waals surface area contributed by atoms with Gasteiger partial charge in [-0.2, -0.15) is 0 Å². The molecule has 0 saturated carbocycles. The summed E-state index contributed by atoms with van der Waals surface area (Å²) in [5.41, 5.74) is 10.6. The van der Waals surface area contributed by atoms with Crippen LogP contribution in [-0.2, 0) is 24.0 Å². The van der Waals surface area contributed by atoms with Crippen LogP contribution in [0.3, 0.4) is 0 Å². The molecule has 0 aliphatic rings. The largest absolute Gasteiger partial charge is 0.481 e. The predicted octanol–water partition coefficient (Wildman–Crippen LogP) is -1.85. The van der Waals surface area contributed by atoms with E-state index < -0.39 is 54.2 Å². The second-order valence-electron chi connectivity index (χ2n) is 6.30. The lowest BCUT2D eigenvalue weighted by Gasteiger charge is -2.22. The highest BCUT2D eigenvalue weighted by Gasteiger charge is 2.29. The molecule has 3 amide bonds. The monoisotopic (exact) mass is 374 g/mol. The first kappa shape index (κ1) is 23.3. The summed E-state index contributed by atoms with van der Waals surface area (Å²) in [5.74, 6) is -5.16. The quantitative estimate of drug-likeness (QED) is 0.228. The first-order valence-corrected chi connectivity index (χ1v) is 8.03. The average Bonchev–Trinajstić information content (AvgIpc) is 2.48. The van der Waals surface area contributed by atoms with E-state index in [1.54, 1.807) is 0 Å². The third-order valence-corrected chi connectivity index (χ3v) is 3.37. The number of nitrogens with two attached hydrogens (primary N) is 2. The van der Waals surface area contributed by atoms with E-state index in [4.69, 9.17) is 21.7 Å². The van der Waals surface area contributed by atoms with Crippen molar-refractivity contribution in [2.45, 2.75) is 57.7 Å². The lowest BCUT2D eigenvalue weighted by Crippen LogP contribution is -2.55. The van der Waals surface area contributed by atoms with Gasteiger partial charge in [0.15, 0.2) is 0 Å². The summed E-state index contributed by atoms with van der Waals surface area (Å²) in [6.45, 7) is 3.68. The van der Waals surface area contributed by atoms with Crippen LogP contribution in [0.1, 0.15) is 39.5 Å². The molecular weight excluding hydrogens is 348 g/mol. The first-order chi connectivity index (χ1) is 11.9. The van der Waals surface area contributed by atoms with Crippen LogP contribution in [0.15, 0.2) is 0 Å². The molecule has 0 fully saturated rings. The Morgan fingerprint density at radius 3 is 1.92 bits per heavy atom. The topological polar surface area (TPSA) is 202 Å². The van der Waals surface area contributed by atoms with Gasteiger partial charge in [0.25, 0.3) is 0 Å². The van der Waals surface area contributed by atoms with Crippen LogP contribution in [0.5, 0.6) is 0 Å². The Bertz CT molecular complexity index is 550. The van der Waals surface area contributed by atoms with Crippen LogP contribution in [0.4, 0.5) is 0 Å². The van der Waals surface area contributed by atoms with Gasteiger partial charge in [-0.05, 0) is 18.8 Å². The molecule has 3 atom stereocenters. The van der Waals surface area contributed by atoms with E-state index in [2.05, 4.69) is 10.6 Å². The van der Waals surface area contributed by atoms with E-state index >= 15 is 0 Å². The molecule has 148 valence electrons. The van der Waals surface area contributed by atoms with Crippen molar-refractivity contribution in [2.24, 2.45) is 17.4 Å². The number of aliphatic carboxylic acids is 2. The van der Waals surface area contributed by atoms with Gasteiger partial charge in [-0.25, -0.2) is 4.79 Å². The molecule has 11 heteroatoms. The van der Waals surface area contributed by atoms with E-state index in [0.29, 0.717) is 6.42 Å². The van der Waals surface area contributed by atoms with E-state index in [1.807, 2.05) is 13.8 Å². The normalized spacial score (nSPS) is 14.2. The van der Waals surface area contributed by atoms with Crippen LogP contribution in [-0.4, -0.2) is 58.0 Å². The molecule has 26 heavy (non-hydrogen) atoms. The number of rotatable bonds is 12. The van der Waals surface area contributed by atoms with E-state index in [0.717, 1.165) is 0 Å². The number of carboxylic acids is 2.